The average molecular weight is 171 g/mol. The Morgan fingerprint density at radius 1 is 0.917 bits per heavy atom. The normalized spacial score (nSPS) is 6.50. The molecule has 68 valence electrons. The molecule has 1 aromatic rings. The quantitative estimate of drug-likeness (QED) is 0.552. The van der Waals surface area contributed by atoms with Crippen LogP contribution in [0.5, 0.6) is 0 Å². The molecular weight excluding hydrogens is 158 g/mol. The average Bonchev–Trinajstić information content (AvgIpc) is 2.10. The monoisotopic (exact) mass is 171 g/mol. The molecular formula is C8H13NO3. The predicted octanol–water partition coefficient (Wildman–Crippen LogP) is 1.48. The number of carboxylic acid groups (broad SMARTS) is 2. The number of benzene rings is 1. The highest BCUT2D eigenvalue weighted by molar-refractivity contribution is 5.53. The van der Waals surface area contributed by atoms with Gasteiger partial charge in [-0.15, -0.1) is 0 Å². The van der Waals surface area contributed by atoms with Crippen LogP contribution in [0.15, 0.2) is 36.4 Å². The van der Waals surface area contributed by atoms with E-state index in [2.05, 4.69) is 5.73 Å². The maximum absolute atomic E-state index is 8.56. The molecule has 0 amide bonds. The molecule has 12 heavy (non-hydrogen) atoms. The maximum atomic E-state index is 8.56. The van der Waals surface area contributed by atoms with E-state index in [1.807, 2.05) is 36.4 Å². The molecule has 0 aliphatic carbocycles. The Bertz CT molecular complexity index is 146. The molecule has 1 rings (SSSR count). The first-order valence-corrected chi connectivity index (χ1v) is 3.23. The van der Waals surface area contributed by atoms with Gasteiger partial charge in [-0.05, 0) is 7.05 Å². The van der Waals surface area contributed by atoms with Crippen LogP contribution in [0.3, 0.4) is 0 Å². The highest BCUT2D eigenvalue weighted by Gasteiger charge is 1.70. The lowest BCUT2D eigenvalue weighted by atomic mass is 10.4. The molecule has 0 aromatic heterocycles. The Labute approximate surface area is 71.3 Å². The summed E-state index contributed by atoms with van der Waals surface area (Å²) < 4.78 is 0. The van der Waals surface area contributed by atoms with Gasteiger partial charge in [-0.3, -0.25) is 0 Å². The van der Waals surface area contributed by atoms with E-state index in [1.54, 1.807) is 0 Å². The third-order valence-corrected chi connectivity index (χ3v) is 0.667. The topological polar surface area (TPSA) is 83.6 Å². The van der Waals surface area contributed by atoms with Gasteiger partial charge in [-0.2, -0.15) is 0 Å². The molecule has 0 radical (unpaired) electrons. The first kappa shape index (κ1) is 13.1. The minimum absolute atomic E-state index is 1.50. The van der Waals surface area contributed by atoms with E-state index in [1.165, 1.54) is 7.05 Å². The Kier molecular flexibility index (Phi) is 13.2. The molecule has 0 saturated carbocycles. The zero-order valence-electron chi connectivity index (χ0n) is 6.84. The van der Waals surface area contributed by atoms with E-state index in [9.17, 15) is 0 Å². The third-order valence-electron chi connectivity index (χ3n) is 0.667. The van der Waals surface area contributed by atoms with Crippen molar-refractivity contribution in [3.8, 4) is 0 Å². The van der Waals surface area contributed by atoms with E-state index in [-0.39, 0.29) is 0 Å². The Hall–Kier alpha value is -1.55. The molecule has 0 bridgehead atoms. The number of hydrogen-bond donors (Lipinski definition) is 3. The second-order valence-corrected chi connectivity index (χ2v) is 1.44. The summed E-state index contributed by atoms with van der Waals surface area (Å²) in [5.41, 5.74) is 4.50. The lowest BCUT2D eigenvalue weighted by Gasteiger charge is -1.69. The molecule has 4 N–H and O–H groups in total. The van der Waals surface area contributed by atoms with Crippen molar-refractivity contribution in [3.05, 3.63) is 36.4 Å². The van der Waals surface area contributed by atoms with E-state index in [0.717, 1.165) is 0 Å². The molecule has 0 heterocycles. The van der Waals surface area contributed by atoms with Crippen LogP contribution >= 0.6 is 0 Å². The molecule has 0 spiro atoms. The van der Waals surface area contributed by atoms with Crippen LogP contribution in [0.1, 0.15) is 0 Å². The van der Waals surface area contributed by atoms with Crippen LogP contribution in [0.4, 0.5) is 4.79 Å². The van der Waals surface area contributed by atoms with Gasteiger partial charge in [0.2, 0.25) is 0 Å². The molecule has 0 aliphatic heterocycles. The number of rotatable bonds is 0. The van der Waals surface area contributed by atoms with Crippen LogP contribution in [-0.2, 0) is 0 Å². The minimum Gasteiger partial charge on any atom is -0.450 e. The number of nitrogens with two attached hydrogens (primary N) is 1. The summed E-state index contributed by atoms with van der Waals surface area (Å²) in [4.78, 5) is 8.56. The van der Waals surface area contributed by atoms with Gasteiger partial charge >= 0.3 is 6.16 Å². The lowest BCUT2D eigenvalue weighted by molar-refractivity contribution is 0.137. The first-order valence-electron chi connectivity index (χ1n) is 3.23. The van der Waals surface area contributed by atoms with Crippen LogP contribution in [0, 0.1) is 0 Å². The van der Waals surface area contributed by atoms with Crippen molar-refractivity contribution >= 4 is 6.16 Å². The van der Waals surface area contributed by atoms with E-state index in [0.29, 0.717) is 0 Å². The summed E-state index contributed by atoms with van der Waals surface area (Å²) in [6.45, 7) is 0. The highest BCUT2D eigenvalue weighted by Crippen LogP contribution is 1.79. The first-order chi connectivity index (χ1) is 5.73. The zero-order valence-corrected chi connectivity index (χ0v) is 6.84. The number of hydrogen-bond acceptors (Lipinski definition) is 2. The smallest absolute Gasteiger partial charge is 0.450 e. The molecule has 0 fully saturated rings. The second-order valence-electron chi connectivity index (χ2n) is 1.44. The van der Waals surface area contributed by atoms with Crippen LogP contribution in [-0.4, -0.2) is 23.4 Å². The second kappa shape index (κ2) is 12.2. The van der Waals surface area contributed by atoms with Gasteiger partial charge in [0, 0.05) is 0 Å². The molecule has 0 atom stereocenters. The zero-order chi connectivity index (χ0) is 9.82. The third kappa shape index (κ3) is 23.7. The summed E-state index contributed by atoms with van der Waals surface area (Å²) in [6.07, 6.45) is -1.83. The van der Waals surface area contributed by atoms with Crippen molar-refractivity contribution in [2.75, 3.05) is 7.05 Å². The fraction of sp³-hybridized carbons (Fsp3) is 0.125. The molecule has 0 unspecified atom stereocenters. The Balaban J connectivity index is 0. The SMILES string of the molecule is CN.O=C(O)O.c1ccccc1. The summed E-state index contributed by atoms with van der Waals surface area (Å²) in [5.74, 6) is 0. The molecule has 4 nitrogen and oxygen atoms in total. The Morgan fingerprint density at radius 2 is 1.00 bits per heavy atom. The summed E-state index contributed by atoms with van der Waals surface area (Å²) >= 11 is 0. The fourth-order valence-electron chi connectivity index (χ4n) is 0.385. The maximum Gasteiger partial charge on any atom is 0.503 e. The molecule has 0 aliphatic rings. The van der Waals surface area contributed by atoms with Crippen molar-refractivity contribution in [1.29, 1.82) is 0 Å². The van der Waals surface area contributed by atoms with Gasteiger partial charge < -0.3 is 15.9 Å². The standard InChI is InChI=1S/C6H6.CH5N.CH2O3/c1-2-4-6-5-3-1;1-2;2-1(3)4/h1-6H;2H2,1H3;(H2,2,3,4). The van der Waals surface area contributed by atoms with Crippen molar-refractivity contribution in [3.63, 3.8) is 0 Å². The predicted molar refractivity (Wildman–Crippen MR) is 47.2 cm³/mol. The van der Waals surface area contributed by atoms with Crippen molar-refractivity contribution < 1.29 is 15.0 Å². The van der Waals surface area contributed by atoms with E-state index in [4.69, 9.17) is 15.0 Å². The minimum atomic E-state index is -1.83. The molecule has 0 saturated heterocycles. The van der Waals surface area contributed by atoms with E-state index >= 15 is 0 Å². The van der Waals surface area contributed by atoms with Crippen molar-refractivity contribution in [2.24, 2.45) is 5.73 Å². The van der Waals surface area contributed by atoms with Gasteiger partial charge in [-0.1, -0.05) is 36.4 Å². The molecule has 1 aromatic carbocycles. The molecule has 4 heteroatoms. The summed E-state index contributed by atoms with van der Waals surface area (Å²) in [7, 11) is 1.50. The van der Waals surface area contributed by atoms with Crippen molar-refractivity contribution in [1.82, 2.24) is 0 Å². The van der Waals surface area contributed by atoms with Crippen LogP contribution in [0.2, 0.25) is 0 Å². The lowest BCUT2D eigenvalue weighted by Crippen LogP contribution is -1.81. The van der Waals surface area contributed by atoms with Crippen LogP contribution in [0.25, 0.3) is 0 Å². The fourth-order valence-corrected chi connectivity index (χ4v) is 0.385. The van der Waals surface area contributed by atoms with E-state index < -0.39 is 6.16 Å². The Morgan fingerprint density at radius 3 is 1.08 bits per heavy atom. The van der Waals surface area contributed by atoms with Gasteiger partial charge in [0.05, 0.1) is 0 Å². The van der Waals surface area contributed by atoms with Crippen molar-refractivity contribution in [2.45, 2.75) is 0 Å². The van der Waals surface area contributed by atoms with Gasteiger partial charge in [0.1, 0.15) is 0 Å². The highest BCUT2D eigenvalue weighted by atomic mass is 16.6. The summed E-state index contributed by atoms with van der Waals surface area (Å²) in [6, 6.07) is 12.0. The van der Waals surface area contributed by atoms with Gasteiger partial charge in [0.15, 0.2) is 0 Å². The van der Waals surface area contributed by atoms with Gasteiger partial charge in [-0.25, -0.2) is 4.79 Å². The van der Waals surface area contributed by atoms with Crippen LogP contribution < -0.4 is 5.73 Å². The largest absolute Gasteiger partial charge is 0.503 e. The summed E-state index contributed by atoms with van der Waals surface area (Å²) in [5, 5.41) is 13.9. The van der Waals surface area contributed by atoms with Gasteiger partial charge in [0.25, 0.3) is 0 Å². The number of carbonyl (C=O) groups is 1.